The summed E-state index contributed by atoms with van der Waals surface area (Å²) in [5, 5.41) is 3.67. The lowest BCUT2D eigenvalue weighted by Crippen LogP contribution is -2.30. The van der Waals surface area contributed by atoms with Crippen LogP contribution in [0.25, 0.3) is 0 Å². The van der Waals surface area contributed by atoms with Crippen LogP contribution in [0, 0.1) is 13.8 Å². The highest BCUT2D eigenvalue weighted by Gasteiger charge is 2.15. The van der Waals surface area contributed by atoms with Gasteiger partial charge in [0.1, 0.15) is 5.75 Å². The van der Waals surface area contributed by atoms with Crippen molar-refractivity contribution in [3.63, 3.8) is 0 Å². The van der Waals surface area contributed by atoms with E-state index in [4.69, 9.17) is 27.9 Å². The quantitative estimate of drug-likeness (QED) is 0.850. The van der Waals surface area contributed by atoms with Crippen LogP contribution in [-0.2, 0) is 4.79 Å². The molecule has 1 amide bonds. The van der Waals surface area contributed by atoms with Gasteiger partial charge in [-0.25, -0.2) is 0 Å². The van der Waals surface area contributed by atoms with Crippen LogP contribution in [0.4, 0.5) is 5.69 Å². The molecule has 22 heavy (non-hydrogen) atoms. The third kappa shape index (κ3) is 4.65. The molecule has 0 spiro atoms. The normalized spacial score (nSPS) is 11.9. The molecule has 0 heterocycles. The van der Waals surface area contributed by atoms with Crippen molar-refractivity contribution in [2.24, 2.45) is 0 Å². The summed E-state index contributed by atoms with van der Waals surface area (Å²) in [6.07, 6.45) is -0.640. The molecular formula is C17H17Cl2NO2. The summed E-state index contributed by atoms with van der Waals surface area (Å²) in [6.45, 7) is 5.66. The highest BCUT2D eigenvalue weighted by Crippen LogP contribution is 2.23. The average molecular weight is 338 g/mol. The van der Waals surface area contributed by atoms with Gasteiger partial charge in [-0.15, -0.1) is 0 Å². The van der Waals surface area contributed by atoms with E-state index >= 15 is 0 Å². The zero-order chi connectivity index (χ0) is 16.3. The standard InChI is InChI=1S/C17H17Cl2NO2/c1-10-4-11(2)6-16(5-10)22-12(3)17(21)20-15-8-13(18)7-14(19)9-15/h4-9,12H,1-3H3,(H,20,21)/t12-/m1/s1. The van der Waals surface area contributed by atoms with Gasteiger partial charge in [-0.2, -0.15) is 0 Å². The Morgan fingerprint density at radius 1 is 1.00 bits per heavy atom. The molecule has 5 heteroatoms. The number of benzene rings is 2. The van der Waals surface area contributed by atoms with Crippen molar-refractivity contribution in [1.29, 1.82) is 0 Å². The SMILES string of the molecule is Cc1cc(C)cc(O[C@H](C)C(=O)Nc2cc(Cl)cc(Cl)c2)c1. The third-order valence-corrected chi connectivity index (χ3v) is 3.44. The summed E-state index contributed by atoms with van der Waals surface area (Å²) >= 11 is 11.8. The number of ether oxygens (including phenoxy) is 1. The first-order valence-electron chi connectivity index (χ1n) is 6.85. The van der Waals surface area contributed by atoms with E-state index in [1.165, 1.54) is 0 Å². The Kier molecular flexibility index (Phi) is 5.33. The molecule has 2 rings (SSSR count). The highest BCUT2D eigenvalue weighted by molar-refractivity contribution is 6.35. The number of carbonyl (C=O) groups excluding carboxylic acids is 1. The van der Waals surface area contributed by atoms with Gasteiger partial charge in [0.25, 0.3) is 5.91 Å². The smallest absolute Gasteiger partial charge is 0.265 e. The van der Waals surface area contributed by atoms with E-state index in [9.17, 15) is 4.79 Å². The third-order valence-electron chi connectivity index (χ3n) is 3.01. The van der Waals surface area contributed by atoms with Gasteiger partial charge in [0.2, 0.25) is 0 Å². The molecule has 0 aromatic heterocycles. The molecule has 0 bridgehead atoms. The molecule has 3 nitrogen and oxygen atoms in total. The van der Waals surface area contributed by atoms with Gasteiger partial charge in [0, 0.05) is 15.7 Å². The van der Waals surface area contributed by atoms with Crippen LogP contribution in [0.1, 0.15) is 18.1 Å². The first kappa shape index (κ1) is 16.7. The fourth-order valence-electron chi connectivity index (χ4n) is 2.13. The Morgan fingerprint density at radius 3 is 2.09 bits per heavy atom. The Bertz CT molecular complexity index is 661. The molecule has 0 saturated heterocycles. The van der Waals surface area contributed by atoms with E-state index in [0.29, 0.717) is 21.5 Å². The van der Waals surface area contributed by atoms with Crippen molar-refractivity contribution < 1.29 is 9.53 Å². The maximum absolute atomic E-state index is 12.2. The number of aryl methyl sites for hydroxylation is 2. The monoisotopic (exact) mass is 337 g/mol. The minimum absolute atomic E-state index is 0.266. The van der Waals surface area contributed by atoms with E-state index in [1.807, 2.05) is 32.0 Å². The number of nitrogens with one attached hydrogen (secondary N) is 1. The van der Waals surface area contributed by atoms with Crippen molar-refractivity contribution in [1.82, 2.24) is 0 Å². The minimum atomic E-state index is -0.640. The summed E-state index contributed by atoms with van der Waals surface area (Å²) in [7, 11) is 0. The Balaban J connectivity index is 2.05. The maximum Gasteiger partial charge on any atom is 0.265 e. The Hall–Kier alpha value is -1.71. The first-order valence-corrected chi connectivity index (χ1v) is 7.61. The van der Waals surface area contributed by atoms with Gasteiger partial charge in [0.15, 0.2) is 6.10 Å². The van der Waals surface area contributed by atoms with Crippen molar-refractivity contribution in [2.75, 3.05) is 5.32 Å². The molecule has 0 aliphatic heterocycles. The number of rotatable bonds is 4. The van der Waals surface area contributed by atoms with Gasteiger partial charge in [-0.1, -0.05) is 29.3 Å². The molecule has 0 aliphatic carbocycles. The lowest BCUT2D eigenvalue weighted by molar-refractivity contribution is -0.122. The van der Waals surface area contributed by atoms with Gasteiger partial charge in [-0.05, 0) is 62.2 Å². The Morgan fingerprint density at radius 2 is 1.55 bits per heavy atom. The largest absolute Gasteiger partial charge is 0.481 e. The van der Waals surface area contributed by atoms with E-state index in [0.717, 1.165) is 11.1 Å². The predicted molar refractivity (Wildman–Crippen MR) is 91.1 cm³/mol. The van der Waals surface area contributed by atoms with Crippen LogP contribution >= 0.6 is 23.2 Å². The Labute approximate surface area is 140 Å². The van der Waals surface area contributed by atoms with E-state index in [-0.39, 0.29) is 5.91 Å². The summed E-state index contributed by atoms with van der Waals surface area (Å²) in [5.41, 5.74) is 2.71. The molecule has 0 unspecified atom stereocenters. The minimum Gasteiger partial charge on any atom is -0.481 e. The van der Waals surface area contributed by atoms with E-state index in [1.54, 1.807) is 25.1 Å². The van der Waals surface area contributed by atoms with E-state index in [2.05, 4.69) is 5.32 Å². The summed E-state index contributed by atoms with van der Waals surface area (Å²) in [4.78, 5) is 12.2. The fourth-order valence-corrected chi connectivity index (χ4v) is 2.65. The highest BCUT2D eigenvalue weighted by atomic mass is 35.5. The lowest BCUT2D eigenvalue weighted by Gasteiger charge is -2.16. The molecule has 0 saturated carbocycles. The molecule has 0 fully saturated rings. The zero-order valence-electron chi connectivity index (χ0n) is 12.6. The lowest BCUT2D eigenvalue weighted by atomic mass is 10.1. The second-order valence-electron chi connectivity index (χ2n) is 5.23. The van der Waals surface area contributed by atoms with Crippen LogP contribution in [0.3, 0.4) is 0 Å². The molecular weight excluding hydrogens is 321 g/mol. The van der Waals surface area contributed by atoms with Crippen LogP contribution in [-0.4, -0.2) is 12.0 Å². The predicted octanol–water partition coefficient (Wildman–Crippen LogP) is 5.02. The summed E-state index contributed by atoms with van der Waals surface area (Å²) in [6, 6.07) is 10.7. The molecule has 1 N–H and O–H groups in total. The second kappa shape index (κ2) is 7.03. The molecule has 116 valence electrons. The summed E-state index contributed by atoms with van der Waals surface area (Å²) in [5.74, 6) is 0.404. The van der Waals surface area contributed by atoms with E-state index < -0.39 is 6.10 Å². The number of carbonyl (C=O) groups is 1. The van der Waals surface area contributed by atoms with Gasteiger partial charge >= 0.3 is 0 Å². The first-order chi connectivity index (χ1) is 10.3. The number of hydrogen-bond acceptors (Lipinski definition) is 2. The summed E-state index contributed by atoms with van der Waals surface area (Å²) < 4.78 is 5.69. The molecule has 0 aliphatic rings. The van der Waals surface area contributed by atoms with Gasteiger partial charge in [-0.3, -0.25) is 4.79 Å². The van der Waals surface area contributed by atoms with Crippen LogP contribution in [0.2, 0.25) is 10.0 Å². The topological polar surface area (TPSA) is 38.3 Å². The zero-order valence-corrected chi connectivity index (χ0v) is 14.1. The van der Waals surface area contributed by atoms with Gasteiger partial charge < -0.3 is 10.1 Å². The average Bonchev–Trinajstić information content (AvgIpc) is 2.35. The van der Waals surface area contributed by atoms with Crippen molar-refractivity contribution in [3.05, 3.63) is 57.6 Å². The number of hydrogen-bond donors (Lipinski definition) is 1. The van der Waals surface area contributed by atoms with Crippen molar-refractivity contribution in [2.45, 2.75) is 26.9 Å². The number of amides is 1. The number of anilines is 1. The van der Waals surface area contributed by atoms with Crippen LogP contribution in [0.5, 0.6) is 5.75 Å². The fraction of sp³-hybridized carbons (Fsp3) is 0.235. The van der Waals surface area contributed by atoms with Crippen molar-refractivity contribution in [3.8, 4) is 5.75 Å². The van der Waals surface area contributed by atoms with Crippen LogP contribution < -0.4 is 10.1 Å². The maximum atomic E-state index is 12.2. The van der Waals surface area contributed by atoms with Gasteiger partial charge in [0.05, 0.1) is 0 Å². The number of halogens is 2. The molecule has 0 radical (unpaired) electrons. The molecule has 2 aromatic rings. The second-order valence-corrected chi connectivity index (χ2v) is 6.10. The van der Waals surface area contributed by atoms with Crippen molar-refractivity contribution >= 4 is 34.8 Å². The molecule has 1 atom stereocenters. The van der Waals surface area contributed by atoms with Crippen LogP contribution in [0.15, 0.2) is 36.4 Å². The molecule has 2 aromatic carbocycles.